The number of hydrogen-bond donors (Lipinski definition) is 6. The van der Waals surface area contributed by atoms with Gasteiger partial charge in [0, 0.05) is 14.2 Å². The summed E-state index contributed by atoms with van der Waals surface area (Å²) >= 11 is 0. The molecular weight excluding hydrogens is 726 g/mol. The number of nitrogens with one attached hydrogen (secondary N) is 2. The van der Waals surface area contributed by atoms with E-state index in [1.807, 2.05) is 13.8 Å². The first-order valence-corrected chi connectivity index (χ1v) is 15.5. The number of fused-ring (bicyclic) bond motifs is 1. The summed E-state index contributed by atoms with van der Waals surface area (Å²) in [4.78, 5) is 22.2. The summed E-state index contributed by atoms with van der Waals surface area (Å²) in [5.41, 5.74) is 0. The maximum Gasteiger partial charge on any atom is 0.471 e. The molecule has 0 radical (unpaired) electrons. The average Bonchev–Trinajstić information content (AvgIpc) is 3.06. The Balaban J connectivity index is 0.000000443. The van der Waals surface area contributed by atoms with Gasteiger partial charge >= 0.3 is 24.2 Å². The second-order valence-electron chi connectivity index (χ2n) is 12.1. The molecule has 10 unspecified atom stereocenters. The minimum absolute atomic E-state index is 0.0413. The highest BCUT2D eigenvalue weighted by Gasteiger charge is 2.53. The van der Waals surface area contributed by atoms with Crippen LogP contribution in [0.25, 0.3) is 0 Å². The third kappa shape index (κ3) is 14.4. The SMILES string of the molecule is C=CCOC1OC(CO)C(O)C(O)C1NC(=O)C(F)(F)F.C=CCOC1OC2COC(C)(C)OC2C(O)C1NC(=O)C(F)(F)F.COC(C)(C)OC. The molecule has 0 spiro atoms. The second kappa shape index (κ2) is 20.3. The van der Waals surface area contributed by atoms with Gasteiger partial charge in [0.1, 0.15) is 48.7 Å². The van der Waals surface area contributed by atoms with E-state index in [0.717, 1.165) is 0 Å². The molecule has 6 N–H and O–H groups in total. The normalized spacial score (nSPS) is 31.7. The fraction of sp³-hybridized carbons (Fsp3) is 0.800. The summed E-state index contributed by atoms with van der Waals surface area (Å²) in [6.45, 7) is 12.9. The van der Waals surface area contributed by atoms with Crippen LogP contribution < -0.4 is 10.6 Å². The molecule has 3 fully saturated rings. The Bertz CT molecular complexity index is 1140. The Labute approximate surface area is 295 Å². The smallest absolute Gasteiger partial charge is 0.394 e. The quantitative estimate of drug-likeness (QED) is 0.0939. The van der Waals surface area contributed by atoms with E-state index >= 15 is 0 Å². The highest BCUT2D eigenvalue weighted by atomic mass is 19.4. The molecular formula is C30H48F6N2O14. The van der Waals surface area contributed by atoms with Gasteiger partial charge < -0.3 is 69.0 Å². The zero-order valence-corrected chi connectivity index (χ0v) is 29.3. The van der Waals surface area contributed by atoms with Gasteiger partial charge in [0.25, 0.3) is 0 Å². The molecule has 0 aromatic heterocycles. The summed E-state index contributed by atoms with van der Waals surface area (Å²) in [7, 11) is 3.23. The lowest BCUT2D eigenvalue weighted by molar-refractivity contribution is -0.368. The van der Waals surface area contributed by atoms with E-state index in [9.17, 15) is 51.3 Å². The Kier molecular flexibility index (Phi) is 18.5. The predicted molar refractivity (Wildman–Crippen MR) is 164 cm³/mol. The number of hydrogen-bond acceptors (Lipinski definition) is 14. The zero-order chi connectivity index (χ0) is 40.2. The molecule has 3 rings (SSSR count). The molecule has 3 aliphatic rings. The molecule has 3 heterocycles. The summed E-state index contributed by atoms with van der Waals surface area (Å²) in [5, 5.41) is 42.0. The Morgan fingerprint density at radius 3 is 1.65 bits per heavy atom. The maximum atomic E-state index is 12.5. The van der Waals surface area contributed by atoms with E-state index in [-0.39, 0.29) is 19.8 Å². The Morgan fingerprint density at radius 1 is 0.827 bits per heavy atom. The van der Waals surface area contributed by atoms with Crippen molar-refractivity contribution in [1.29, 1.82) is 0 Å². The zero-order valence-electron chi connectivity index (χ0n) is 29.3. The van der Waals surface area contributed by atoms with Gasteiger partial charge in [-0.15, -0.1) is 13.2 Å². The molecule has 0 aromatic carbocycles. The van der Waals surface area contributed by atoms with Crippen LogP contribution in [0.15, 0.2) is 25.3 Å². The lowest BCUT2D eigenvalue weighted by atomic mass is 9.95. The number of rotatable bonds is 11. The largest absolute Gasteiger partial charge is 0.471 e. The lowest BCUT2D eigenvalue weighted by Crippen LogP contribution is -2.69. The van der Waals surface area contributed by atoms with Crippen LogP contribution in [-0.4, -0.2) is 158 Å². The number of aliphatic hydroxyl groups excluding tert-OH is 4. The standard InChI is InChI=1S/C14H20F3NO6.C11H16F3NO6.C5H12O2/c1-4-5-21-11-8(18-12(20)14(15,16)17)9(19)10-7(23-11)6-22-13(2,3)24-10;1-2-3-20-9-6(15-10(19)11(12,13)14)8(18)7(17)5(4-16)21-9;1-5(2,6-3)7-4/h4,7-11,19H,1,5-6H2,2-3H3,(H,18,20);2,5-9,16-18H,1,3-4H2,(H,15,19);1-4H3. The molecule has 10 atom stereocenters. The van der Waals surface area contributed by atoms with Crippen LogP contribution in [-0.2, 0) is 47.5 Å². The van der Waals surface area contributed by atoms with Gasteiger partial charge in [-0.1, -0.05) is 12.2 Å². The van der Waals surface area contributed by atoms with Gasteiger partial charge in [-0.3, -0.25) is 9.59 Å². The number of ether oxygens (including phenoxy) is 8. The number of carbonyl (C=O) groups is 2. The van der Waals surface area contributed by atoms with Crippen LogP contribution in [0.3, 0.4) is 0 Å². The number of carbonyl (C=O) groups excluding carboxylic acids is 2. The van der Waals surface area contributed by atoms with Gasteiger partial charge in [0.2, 0.25) is 0 Å². The molecule has 16 nitrogen and oxygen atoms in total. The van der Waals surface area contributed by atoms with E-state index in [2.05, 4.69) is 13.2 Å². The van der Waals surface area contributed by atoms with E-state index in [1.54, 1.807) is 33.4 Å². The third-order valence-electron chi connectivity index (χ3n) is 7.42. The summed E-state index contributed by atoms with van der Waals surface area (Å²) < 4.78 is 116. The first kappa shape index (κ1) is 47.5. The fourth-order valence-corrected chi connectivity index (χ4v) is 4.39. The summed E-state index contributed by atoms with van der Waals surface area (Å²) in [5.74, 6) is -5.97. The van der Waals surface area contributed by atoms with Crippen molar-refractivity contribution in [2.24, 2.45) is 0 Å². The maximum absolute atomic E-state index is 12.5. The van der Waals surface area contributed by atoms with Crippen molar-refractivity contribution in [1.82, 2.24) is 10.6 Å². The number of methoxy groups -OCH3 is 2. The van der Waals surface area contributed by atoms with Gasteiger partial charge in [-0.05, 0) is 27.7 Å². The number of amides is 2. The lowest BCUT2D eigenvalue weighted by Gasteiger charge is -2.49. The van der Waals surface area contributed by atoms with Crippen LogP contribution in [0.5, 0.6) is 0 Å². The molecule has 0 bridgehead atoms. The molecule has 3 saturated heterocycles. The highest BCUT2D eigenvalue weighted by molar-refractivity contribution is 5.82. The van der Waals surface area contributed by atoms with Crippen LogP contribution in [0, 0.1) is 0 Å². The molecule has 52 heavy (non-hydrogen) atoms. The van der Waals surface area contributed by atoms with Crippen molar-refractivity contribution in [3.8, 4) is 0 Å². The monoisotopic (exact) mass is 774 g/mol. The van der Waals surface area contributed by atoms with Gasteiger partial charge in [-0.25, -0.2) is 0 Å². The molecule has 0 saturated carbocycles. The van der Waals surface area contributed by atoms with E-state index in [4.69, 9.17) is 43.0 Å². The molecule has 0 aromatic rings. The molecule has 2 amide bonds. The van der Waals surface area contributed by atoms with Crippen LogP contribution in [0.4, 0.5) is 26.3 Å². The third-order valence-corrected chi connectivity index (χ3v) is 7.42. The van der Waals surface area contributed by atoms with Crippen molar-refractivity contribution in [2.45, 2.75) is 113 Å². The topological polar surface area (TPSA) is 213 Å². The number of halogens is 6. The predicted octanol–water partition coefficient (Wildman–Crippen LogP) is 0.164. The fourth-order valence-electron chi connectivity index (χ4n) is 4.39. The highest BCUT2D eigenvalue weighted by Crippen LogP contribution is 2.33. The summed E-state index contributed by atoms with van der Waals surface area (Å²) in [6, 6.07) is -3.12. The molecule has 304 valence electrons. The van der Waals surface area contributed by atoms with Crippen LogP contribution in [0.1, 0.15) is 27.7 Å². The van der Waals surface area contributed by atoms with Crippen LogP contribution >= 0.6 is 0 Å². The average molecular weight is 775 g/mol. The van der Waals surface area contributed by atoms with Crippen molar-refractivity contribution < 1.29 is 94.3 Å². The Hall–Kier alpha value is -2.48. The van der Waals surface area contributed by atoms with E-state index in [1.165, 1.54) is 17.5 Å². The molecule has 3 aliphatic heterocycles. The van der Waals surface area contributed by atoms with Crippen molar-refractivity contribution in [3.05, 3.63) is 25.3 Å². The molecule has 22 heteroatoms. The first-order chi connectivity index (χ1) is 23.9. The van der Waals surface area contributed by atoms with E-state index < -0.39 is 104 Å². The number of aliphatic hydroxyl groups is 4. The van der Waals surface area contributed by atoms with Gasteiger partial charge in [0.05, 0.1) is 26.4 Å². The van der Waals surface area contributed by atoms with Crippen molar-refractivity contribution >= 4 is 11.8 Å². The molecule has 0 aliphatic carbocycles. The Morgan fingerprint density at radius 2 is 1.27 bits per heavy atom. The minimum atomic E-state index is -5.17. The van der Waals surface area contributed by atoms with Gasteiger partial charge in [0.15, 0.2) is 24.2 Å². The van der Waals surface area contributed by atoms with Crippen molar-refractivity contribution in [3.63, 3.8) is 0 Å². The summed E-state index contributed by atoms with van der Waals surface area (Å²) in [6.07, 6.45) is -18.4. The van der Waals surface area contributed by atoms with E-state index in [0.29, 0.717) is 0 Å². The van der Waals surface area contributed by atoms with Gasteiger partial charge in [-0.2, -0.15) is 26.3 Å². The number of alkyl halides is 6. The first-order valence-electron chi connectivity index (χ1n) is 15.5. The van der Waals surface area contributed by atoms with Crippen LogP contribution in [0.2, 0.25) is 0 Å². The second-order valence-corrected chi connectivity index (χ2v) is 12.1. The minimum Gasteiger partial charge on any atom is -0.394 e. The van der Waals surface area contributed by atoms with Crippen molar-refractivity contribution in [2.75, 3.05) is 40.6 Å².